The van der Waals surface area contributed by atoms with Crippen molar-refractivity contribution in [3.8, 4) is 22.3 Å². The summed E-state index contributed by atoms with van der Waals surface area (Å²) in [4.78, 5) is 16.5. The van der Waals surface area contributed by atoms with Crippen LogP contribution in [0, 0.1) is 0 Å². The molecule has 4 aromatic rings. The minimum Gasteiger partial charge on any atom is -0.382 e. The highest BCUT2D eigenvalue weighted by Gasteiger charge is 2.44. The van der Waals surface area contributed by atoms with Crippen molar-refractivity contribution in [3.05, 3.63) is 83.3 Å². The standard InChI is InChI=1S/C34H40F2N6/c1-6-15-41(4)17-14-38-32(21-37-3)25-9-12-27-26-11-8-23(18-28(26)34(35,36)29(27)19-25)24-10-13-30-31(20-24)40-33(39-30)22-42(5)16-7-2/h8-13,18-21,38H,3,6-7,14-17,22H2,1-2,4-5H3,(H,39,40)/b32-21-. The summed E-state index contributed by atoms with van der Waals surface area (Å²) < 4.78 is 32.1. The van der Waals surface area contributed by atoms with Gasteiger partial charge in [-0.05, 0) is 98.8 Å². The zero-order valence-corrected chi connectivity index (χ0v) is 25.0. The smallest absolute Gasteiger partial charge is 0.299 e. The number of likely N-dealkylation sites (N-methyl/N-ethyl adjacent to an activating group) is 1. The van der Waals surface area contributed by atoms with Crippen molar-refractivity contribution in [1.82, 2.24) is 25.1 Å². The summed E-state index contributed by atoms with van der Waals surface area (Å²) in [5.74, 6) is -2.23. The first-order valence-electron chi connectivity index (χ1n) is 14.7. The van der Waals surface area contributed by atoms with Crippen LogP contribution in [-0.2, 0) is 12.5 Å². The van der Waals surface area contributed by atoms with Gasteiger partial charge < -0.3 is 15.2 Å². The van der Waals surface area contributed by atoms with Crippen LogP contribution in [0.3, 0.4) is 0 Å². The molecule has 2 N–H and O–H groups in total. The Bertz CT molecular complexity index is 1610. The Balaban J connectivity index is 1.41. The van der Waals surface area contributed by atoms with E-state index in [1.54, 1.807) is 24.4 Å². The van der Waals surface area contributed by atoms with Crippen LogP contribution < -0.4 is 5.32 Å². The van der Waals surface area contributed by atoms with Crippen LogP contribution in [0.5, 0.6) is 0 Å². The molecular formula is C34H40F2N6. The first kappa shape index (κ1) is 29.6. The second-order valence-electron chi connectivity index (χ2n) is 11.2. The molecule has 6 nitrogen and oxygen atoms in total. The van der Waals surface area contributed by atoms with Gasteiger partial charge in [-0.15, -0.1) is 0 Å². The van der Waals surface area contributed by atoms with Crippen molar-refractivity contribution in [3.63, 3.8) is 0 Å². The average molecular weight is 571 g/mol. The number of aromatic nitrogens is 2. The van der Waals surface area contributed by atoms with Gasteiger partial charge in [0.2, 0.25) is 0 Å². The zero-order chi connectivity index (χ0) is 29.9. The molecule has 0 radical (unpaired) electrons. The summed E-state index contributed by atoms with van der Waals surface area (Å²) in [6.07, 6.45) is 3.75. The number of aliphatic imine (C=N–C) groups is 1. The number of nitrogens with zero attached hydrogens (tertiary/aromatic N) is 4. The van der Waals surface area contributed by atoms with Crippen molar-refractivity contribution >= 4 is 23.4 Å². The van der Waals surface area contributed by atoms with Gasteiger partial charge in [0, 0.05) is 30.4 Å². The van der Waals surface area contributed by atoms with Gasteiger partial charge in [0.15, 0.2) is 0 Å². The molecule has 1 aliphatic carbocycles. The third kappa shape index (κ3) is 6.01. The topological polar surface area (TPSA) is 59.6 Å². The van der Waals surface area contributed by atoms with Gasteiger partial charge in [-0.1, -0.05) is 44.2 Å². The van der Waals surface area contributed by atoms with Crippen molar-refractivity contribution in [2.45, 2.75) is 39.2 Å². The number of hydrogen-bond donors (Lipinski definition) is 2. The van der Waals surface area contributed by atoms with E-state index in [1.807, 2.05) is 36.4 Å². The number of benzene rings is 3. The number of halogens is 2. The molecule has 1 aromatic heterocycles. The van der Waals surface area contributed by atoms with E-state index in [4.69, 9.17) is 4.98 Å². The maximum Gasteiger partial charge on any atom is 0.299 e. The van der Waals surface area contributed by atoms with Crippen LogP contribution in [0.4, 0.5) is 8.78 Å². The predicted octanol–water partition coefficient (Wildman–Crippen LogP) is 7.12. The summed E-state index contributed by atoms with van der Waals surface area (Å²) >= 11 is 0. The lowest BCUT2D eigenvalue weighted by molar-refractivity contribution is 0.0480. The normalized spacial score (nSPS) is 14.0. The minimum absolute atomic E-state index is 0.0110. The molecule has 220 valence electrons. The molecule has 0 atom stereocenters. The molecule has 1 aliphatic rings. The van der Waals surface area contributed by atoms with Crippen molar-refractivity contribution in [1.29, 1.82) is 0 Å². The number of alkyl halides is 2. The van der Waals surface area contributed by atoms with Gasteiger partial charge >= 0.3 is 0 Å². The van der Waals surface area contributed by atoms with Crippen LogP contribution in [0.2, 0.25) is 0 Å². The van der Waals surface area contributed by atoms with E-state index in [0.29, 0.717) is 28.9 Å². The first-order valence-corrected chi connectivity index (χ1v) is 14.7. The summed E-state index contributed by atoms with van der Waals surface area (Å²) in [5.41, 5.74) is 5.89. The maximum absolute atomic E-state index is 16.0. The van der Waals surface area contributed by atoms with Gasteiger partial charge in [-0.3, -0.25) is 9.89 Å². The van der Waals surface area contributed by atoms with Crippen LogP contribution in [0.1, 0.15) is 49.2 Å². The van der Waals surface area contributed by atoms with E-state index in [9.17, 15) is 0 Å². The van der Waals surface area contributed by atoms with E-state index in [1.165, 1.54) is 0 Å². The van der Waals surface area contributed by atoms with Crippen molar-refractivity contribution < 1.29 is 8.78 Å². The summed E-state index contributed by atoms with van der Waals surface area (Å²) in [5, 5.41) is 3.36. The van der Waals surface area contributed by atoms with E-state index in [-0.39, 0.29) is 11.1 Å². The van der Waals surface area contributed by atoms with Crippen LogP contribution in [0.25, 0.3) is 39.0 Å². The number of aromatic amines is 1. The summed E-state index contributed by atoms with van der Waals surface area (Å²) in [6, 6.07) is 16.5. The third-order valence-electron chi connectivity index (χ3n) is 7.84. The van der Waals surface area contributed by atoms with Crippen molar-refractivity contribution in [2.75, 3.05) is 40.3 Å². The molecule has 42 heavy (non-hydrogen) atoms. The molecule has 3 aromatic carbocycles. The van der Waals surface area contributed by atoms with Gasteiger partial charge in [0.1, 0.15) is 5.82 Å². The minimum atomic E-state index is -3.13. The fraction of sp³-hybridized carbons (Fsp3) is 0.353. The first-order chi connectivity index (χ1) is 20.2. The number of rotatable bonds is 13. The van der Waals surface area contributed by atoms with E-state index < -0.39 is 5.92 Å². The maximum atomic E-state index is 16.0. The molecule has 0 saturated carbocycles. The number of imidazole rings is 1. The lowest BCUT2D eigenvalue weighted by Crippen LogP contribution is -2.29. The highest BCUT2D eigenvalue weighted by atomic mass is 19.3. The SMILES string of the molecule is C=N/C=C(\NCCN(C)CCC)c1ccc2c(c1)C(F)(F)c1cc(-c3ccc4nc(CN(C)CCC)[nH]c4c3)ccc1-2. The molecule has 8 heteroatoms. The molecule has 0 unspecified atom stereocenters. The van der Waals surface area contributed by atoms with Gasteiger partial charge in [-0.25, -0.2) is 4.98 Å². The molecule has 0 spiro atoms. The Kier molecular flexibility index (Phi) is 8.85. The number of fused-ring (bicyclic) bond motifs is 4. The molecule has 0 amide bonds. The Hall–Kier alpha value is -3.88. The van der Waals surface area contributed by atoms with Gasteiger partial charge in [0.05, 0.1) is 23.3 Å². The Morgan fingerprint density at radius 1 is 0.929 bits per heavy atom. The quantitative estimate of drug-likeness (QED) is 0.168. The van der Waals surface area contributed by atoms with E-state index >= 15 is 8.78 Å². The second-order valence-corrected chi connectivity index (χ2v) is 11.2. The fourth-order valence-corrected chi connectivity index (χ4v) is 5.79. The molecule has 1 heterocycles. The lowest BCUT2D eigenvalue weighted by atomic mass is 9.98. The number of nitrogens with one attached hydrogen (secondary N) is 2. The predicted molar refractivity (Wildman–Crippen MR) is 170 cm³/mol. The molecule has 0 aliphatic heterocycles. The fourth-order valence-electron chi connectivity index (χ4n) is 5.79. The van der Waals surface area contributed by atoms with Crippen molar-refractivity contribution in [2.24, 2.45) is 4.99 Å². The number of H-pyrrole nitrogens is 1. The average Bonchev–Trinajstić information content (AvgIpc) is 3.47. The second kappa shape index (κ2) is 12.5. The highest BCUT2D eigenvalue weighted by molar-refractivity contribution is 5.86. The molecular weight excluding hydrogens is 530 g/mol. The Morgan fingerprint density at radius 2 is 1.60 bits per heavy atom. The highest BCUT2D eigenvalue weighted by Crippen LogP contribution is 2.52. The summed E-state index contributed by atoms with van der Waals surface area (Å²) in [6.45, 7) is 12.1. The van der Waals surface area contributed by atoms with Gasteiger partial charge in [-0.2, -0.15) is 8.78 Å². The summed E-state index contributed by atoms with van der Waals surface area (Å²) in [7, 11) is 4.14. The van der Waals surface area contributed by atoms with E-state index in [2.05, 4.69) is 59.8 Å². The largest absolute Gasteiger partial charge is 0.382 e. The van der Waals surface area contributed by atoms with Gasteiger partial charge in [0.25, 0.3) is 5.92 Å². The molecule has 5 rings (SSSR count). The Labute approximate surface area is 247 Å². The molecule has 0 fully saturated rings. The third-order valence-corrected chi connectivity index (χ3v) is 7.84. The van der Waals surface area contributed by atoms with Crippen LogP contribution >= 0.6 is 0 Å². The Morgan fingerprint density at radius 3 is 2.33 bits per heavy atom. The van der Waals surface area contributed by atoms with E-state index in [0.717, 1.165) is 67.0 Å². The molecule has 0 saturated heterocycles. The zero-order valence-electron chi connectivity index (χ0n) is 25.0. The van der Waals surface area contributed by atoms with Crippen LogP contribution in [-0.4, -0.2) is 66.8 Å². The number of hydrogen-bond acceptors (Lipinski definition) is 5. The van der Waals surface area contributed by atoms with Crippen LogP contribution in [0.15, 0.2) is 65.8 Å². The lowest BCUT2D eigenvalue weighted by Gasteiger charge is -2.18. The monoisotopic (exact) mass is 570 g/mol. The molecule has 0 bridgehead atoms.